The third-order valence-corrected chi connectivity index (χ3v) is 4.17. The predicted molar refractivity (Wildman–Crippen MR) is 105 cm³/mol. The Kier molecular flexibility index (Phi) is 5.90. The zero-order valence-electron chi connectivity index (χ0n) is 15.5. The fraction of sp³-hybridized carbons (Fsp3) is 0.143. The highest BCUT2D eigenvalue weighted by molar-refractivity contribution is 6.10. The number of rotatable bonds is 5. The molecule has 8 nitrogen and oxygen atoms in total. The van der Waals surface area contributed by atoms with Crippen molar-refractivity contribution in [2.45, 2.75) is 0 Å². The second-order valence-corrected chi connectivity index (χ2v) is 6.06. The summed E-state index contributed by atoms with van der Waals surface area (Å²) in [5.41, 5.74) is 1.37. The molecule has 0 aromatic heterocycles. The molecule has 1 aliphatic rings. The molecule has 1 heterocycles. The number of esters is 1. The van der Waals surface area contributed by atoms with Crippen molar-refractivity contribution >= 4 is 35.2 Å². The van der Waals surface area contributed by atoms with Crippen LogP contribution in [0.15, 0.2) is 54.1 Å². The molecule has 0 atom stereocenters. The number of methoxy groups -OCH3 is 1. The van der Waals surface area contributed by atoms with Crippen LogP contribution in [0, 0.1) is 11.3 Å². The van der Waals surface area contributed by atoms with Gasteiger partial charge < -0.3 is 14.8 Å². The van der Waals surface area contributed by atoms with Gasteiger partial charge in [0.15, 0.2) is 6.61 Å². The molecule has 1 aliphatic heterocycles. The number of ether oxygens (including phenoxy) is 2. The van der Waals surface area contributed by atoms with E-state index in [0.29, 0.717) is 22.7 Å². The molecule has 8 heteroatoms. The third-order valence-electron chi connectivity index (χ3n) is 4.17. The minimum atomic E-state index is -0.925. The second-order valence-electron chi connectivity index (χ2n) is 6.06. The lowest BCUT2D eigenvalue weighted by Crippen LogP contribution is -2.44. The first-order valence-corrected chi connectivity index (χ1v) is 8.64. The summed E-state index contributed by atoms with van der Waals surface area (Å²) < 4.78 is 10.1. The normalized spacial score (nSPS) is 13.0. The van der Waals surface area contributed by atoms with E-state index in [9.17, 15) is 19.6 Å². The topological polar surface area (TPSA) is 109 Å². The van der Waals surface area contributed by atoms with Crippen molar-refractivity contribution in [1.29, 1.82) is 5.26 Å². The molecule has 0 radical (unpaired) electrons. The van der Waals surface area contributed by atoms with Gasteiger partial charge in [-0.3, -0.25) is 14.5 Å². The van der Waals surface area contributed by atoms with Gasteiger partial charge in [-0.05, 0) is 35.9 Å². The standard InChI is InChI=1S/C21H17N3O5/c1-28-16-8-6-14(7-9-16)10-15(11-22)21(27)29-13-20(26)24-12-19(25)23-17-4-2-3-5-18(17)24/h2-10H,12-13H2,1H3,(H,23,25)/b15-10+. The maximum atomic E-state index is 12.5. The molecule has 1 N–H and O–H groups in total. The Hall–Kier alpha value is -4.12. The van der Waals surface area contributed by atoms with Crippen LogP contribution in [0.3, 0.4) is 0 Å². The molecule has 0 saturated heterocycles. The van der Waals surface area contributed by atoms with E-state index in [4.69, 9.17) is 9.47 Å². The van der Waals surface area contributed by atoms with Crippen LogP contribution in [-0.4, -0.2) is 38.0 Å². The lowest BCUT2D eigenvalue weighted by atomic mass is 10.1. The number of anilines is 2. The average molecular weight is 391 g/mol. The van der Waals surface area contributed by atoms with Crippen LogP contribution in [0.1, 0.15) is 5.56 Å². The number of benzene rings is 2. The summed E-state index contributed by atoms with van der Waals surface area (Å²) in [4.78, 5) is 37.8. The summed E-state index contributed by atoms with van der Waals surface area (Å²) in [7, 11) is 1.53. The van der Waals surface area contributed by atoms with Crippen LogP contribution in [0.2, 0.25) is 0 Å². The van der Waals surface area contributed by atoms with Gasteiger partial charge in [-0.15, -0.1) is 0 Å². The van der Waals surface area contributed by atoms with Gasteiger partial charge in [0.1, 0.15) is 23.9 Å². The highest BCUT2D eigenvalue weighted by atomic mass is 16.5. The van der Waals surface area contributed by atoms with Crippen molar-refractivity contribution < 1.29 is 23.9 Å². The highest BCUT2D eigenvalue weighted by Gasteiger charge is 2.27. The first kappa shape index (κ1) is 19.6. The van der Waals surface area contributed by atoms with E-state index in [2.05, 4.69) is 5.32 Å². The number of hydrogen-bond acceptors (Lipinski definition) is 6. The van der Waals surface area contributed by atoms with Crippen LogP contribution in [-0.2, 0) is 19.1 Å². The molecule has 0 fully saturated rings. The SMILES string of the molecule is COc1ccc(/C=C(\C#N)C(=O)OCC(=O)N2CC(=O)Nc3ccccc32)cc1. The molecule has 2 aromatic carbocycles. The third kappa shape index (κ3) is 4.59. The van der Waals surface area contributed by atoms with Gasteiger partial charge in [-0.2, -0.15) is 5.26 Å². The molecule has 0 aliphatic carbocycles. The number of nitriles is 1. The highest BCUT2D eigenvalue weighted by Crippen LogP contribution is 2.28. The van der Waals surface area contributed by atoms with E-state index in [1.807, 2.05) is 0 Å². The van der Waals surface area contributed by atoms with Gasteiger partial charge >= 0.3 is 5.97 Å². The van der Waals surface area contributed by atoms with Crippen LogP contribution in [0.5, 0.6) is 5.75 Å². The van der Waals surface area contributed by atoms with E-state index >= 15 is 0 Å². The van der Waals surface area contributed by atoms with Crippen LogP contribution in [0.4, 0.5) is 11.4 Å². The van der Waals surface area contributed by atoms with E-state index in [0.717, 1.165) is 0 Å². The van der Waals surface area contributed by atoms with Gasteiger partial charge in [-0.1, -0.05) is 24.3 Å². The Balaban J connectivity index is 1.67. The summed E-state index contributed by atoms with van der Waals surface area (Å²) in [5.74, 6) is -1.20. The monoisotopic (exact) mass is 391 g/mol. The summed E-state index contributed by atoms with van der Waals surface area (Å²) in [6, 6.07) is 15.3. The Morgan fingerprint density at radius 3 is 2.62 bits per heavy atom. The summed E-state index contributed by atoms with van der Waals surface area (Å²) in [6.07, 6.45) is 1.36. The minimum absolute atomic E-state index is 0.180. The number of nitrogens with one attached hydrogen (secondary N) is 1. The fourth-order valence-electron chi connectivity index (χ4n) is 2.74. The van der Waals surface area contributed by atoms with Crippen LogP contribution in [0.25, 0.3) is 6.08 Å². The Morgan fingerprint density at radius 2 is 1.93 bits per heavy atom. The second kappa shape index (κ2) is 8.71. The van der Waals surface area contributed by atoms with Crippen molar-refractivity contribution in [1.82, 2.24) is 0 Å². The van der Waals surface area contributed by atoms with Gasteiger partial charge in [0.25, 0.3) is 5.91 Å². The predicted octanol–water partition coefficient (Wildman–Crippen LogP) is 2.13. The van der Waals surface area contributed by atoms with Crippen molar-refractivity contribution in [3.05, 3.63) is 59.7 Å². The number of carbonyl (C=O) groups excluding carboxylic acids is 3. The maximum absolute atomic E-state index is 12.5. The zero-order chi connectivity index (χ0) is 20.8. The van der Waals surface area contributed by atoms with Gasteiger partial charge in [0.05, 0.1) is 18.5 Å². The molecule has 0 unspecified atom stereocenters. The number of fused-ring (bicyclic) bond motifs is 1. The quantitative estimate of drug-likeness (QED) is 0.475. The van der Waals surface area contributed by atoms with Crippen LogP contribution >= 0.6 is 0 Å². The number of carbonyl (C=O) groups is 3. The maximum Gasteiger partial charge on any atom is 0.349 e. The number of para-hydroxylation sites is 2. The molecule has 0 spiro atoms. The minimum Gasteiger partial charge on any atom is -0.497 e. The molecule has 3 rings (SSSR count). The van der Waals surface area contributed by atoms with Crippen molar-refractivity contribution in [3.63, 3.8) is 0 Å². The first-order valence-electron chi connectivity index (χ1n) is 8.64. The Labute approximate surface area is 166 Å². The van der Waals surface area contributed by atoms with Gasteiger partial charge in [0, 0.05) is 0 Å². The Morgan fingerprint density at radius 1 is 1.21 bits per heavy atom. The molecule has 0 bridgehead atoms. The van der Waals surface area contributed by atoms with Crippen molar-refractivity contribution in [2.24, 2.45) is 0 Å². The summed E-state index contributed by atoms with van der Waals surface area (Å²) >= 11 is 0. The molecule has 0 saturated carbocycles. The molecule has 2 amide bonds. The van der Waals surface area contributed by atoms with Gasteiger partial charge in [-0.25, -0.2) is 4.79 Å². The van der Waals surface area contributed by atoms with Crippen molar-refractivity contribution in [3.8, 4) is 11.8 Å². The van der Waals surface area contributed by atoms with E-state index in [-0.39, 0.29) is 18.0 Å². The first-order chi connectivity index (χ1) is 14.0. The Bertz CT molecular complexity index is 1020. The largest absolute Gasteiger partial charge is 0.497 e. The molecule has 146 valence electrons. The van der Waals surface area contributed by atoms with Gasteiger partial charge in [0.2, 0.25) is 5.91 Å². The lowest BCUT2D eigenvalue weighted by Gasteiger charge is -2.28. The lowest BCUT2D eigenvalue weighted by molar-refractivity contribution is -0.143. The van der Waals surface area contributed by atoms with Crippen LogP contribution < -0.4 is 15.0 Å². The smallest absolute Gasteiger partial charge is 0.349 e. The molecule has 2 aromatic rings. The molecule has 29 heavy (non-hydrogen) atoms. The number of hydrogen-bond donors (Lipinski definition) is 1. The average Bonchev–Trinajstić information content (AvgIpc) is 2.75. The van der Waals surface area contributed by atoms with Crippen molar-refractivity contribution in [2.75, 3.05) is 30.5 Å². The number of amides is 2. The summed E-state index contributed by atoms with van der Waals surface area (Å²) in [5, 5.41) is 11.9. The fourth-order valence-corrected chi connectivity index (χ4v) is 2.74. The number of nitrogens with zero attached hydrogens (tertiary/aromatic N) is 2. The van der Waals surface area contributed by atoms with E-state index in [1.165, 1.54) is 18.1 Å². The summed E-state index contributed by atoms with van der Waals surface area (Å²) in [6.45, 7) is -0.776. The van der Waals surface area contributed by atoms with E-state index < -0.39 is 18.5 Å². The zero-order valence-corrected chi connectivity index (χ0v) is 15.5. The molecular weight excluding hydrogens is 374 g/mol. The van der Waals surface area contributed by atoms with E-state index in [1.54, 1.807) is 54.6 Å². The molecular formula is C21H17N3O5.